The smallest absolute Gasteiger partial charge is 0.269 e. The van der Waals surface area contributed by atoms with Crippen LogP contribution in [0.4, 0.5) is 0 Å². The number of piperidine rings is 1. The zero-order chi connectivity index (χ0) is 11.9. The Hall–Kier alpha value is -1.42. The Kier molecular flexibility index (Phi) is 4.50. The molecule has 1 saturated heterocycles. The quantitative estimate of drug-likeness (QED) is 0.852. The van der Waals surface area contributed by atoms with E-state index in [-0.39, 0.29) is 5.91 Å². The van der Waals surface area contributed by atoms with Crippen molar-refractivity contribution in [2.75, 3.05) is 26.2 Å². The maximum absolute atomic E-state index is 11.7. The number of nitrogens with one attached hydrogen (secondary N) is 1. The van der Waals surface area contributed by atoms with Gasteiger partial charge < -0.3 is 10.2 Å². The molecule has 0 spiro atoms. The first kappa shape index (κ1) is 12.0. The lowest BCUT2D eigenvalue weighted by atomic mass is 10.1. The van der Waals surface area contributed by atoms with Gasteiger partial charge in [-0.2, -0.15) is 0 Å². The van der Waals surface area contributed by atoms with E-state index >= 15 is 0 Å². The van der Waals surface area contributed by atoms with E-state index in [0.717, 1.165) is 6.54 Å². The monoisotopic (exact) mass is 233 g/mol. The third-order valence-corrected chi connectivity index (χ3v) is 3.06. The Labute approximate surface area is 102 Å². The summed E-state index contributed by atoms with van der Waals surface area (Å²) in [5.41, 5.74) is 0.492. The molecule has 0 atom stereocenters. The molecule has 0 aliphatic carbocycles. The fourth-order valence-electron chi connectivity index (χ4n) is 2.10. The lowest BCUT2D eigenvalue weighted by Gasteiger charge is -2.26. The summed E-state index contributed by atoms with van der Waals surface area (Å²) in [5.74, 6) is -0.0809. The number of pyridine rings is 1. The molecule has 1 aromatic rings. The number of hydrogen-bond acceptors (Lipinski definition) is 3. The van der Waals surface area contributed by atoms with E-state index in [1.54, 1.807) is 12.3 Å². The number of rotatable bonds is 4. The molecule has 1 amide bonds. The van der Waals surface area contributed by atoms with Gasteiger partial charge in [0.05, 0.1) is 0 Å². The van der Waals surface area contributed by atoms with Gasteiger partial charge in [0.15, 0.2) is 0 Å². The summed E-state index contributed by atoms with van der Waals surface area (Å²) in [6, 6.07) is 5.37. The number of carbonyl (C=O) groups is 1. The fraction of sp³-hybridized carbons (Fsp3) is 0.538. The largest absolute Gasteiger partial charge is 0.349 e. The fourth-order valence-corrected chi connectivity index (χ4v) is 2.10. The van der Waals surface area contributed by atoms with Crippen molar-refractivity contribution in [2.24, 2.45) is 0 Å². The van der Waals surface area contributed by atoms with Crippen LogP contribution in [0.2, 0.25) is 0 Å². The van der Waals surface area contributed by atoms with Crippen LogP contribution in [-0.2, 0) is 0 Å². The number of nitrogens with zero attached hydrogens (tertiary/aromatic N) is 2. The van der Waals surface area contributed by atoms with Gasteiger partial charge in [-0.25, -0.2) is 0 Å². The van der Waals surface area contributed by atoms with Gasteiger partial charge in [0.25, 0.3) is 5.91 Å². The molecule has 2 heterocycles. The van der Waals surface area contributed by atoms with Crippen LogP contribution in [0.5, 0.6) is 0 Å². The Morgan fingerprint density at radius 3 is 2.82 bits per heavy atom. The van der Waals surface area contributed by atoms with E-state index in [9.17, 15) is 4.79 Å². The number of carbonyl (C=O) groups excluding carboxylic acids is 1. The average Bonchev–Trinajstić information content (AvgIpc) is 2.41. The predicted molar refractivity (Wildman–Crippen MR) is 66.9 cm³/mol. The van der Waals surface area contributed by atoms with Crippen molar-refractivity contribution in [1.29, 1.82) is 0 Å². The maximum Gasteiger partial charge on any atom is 0.269 e. The highest BCUT2D eigenvalue weighted by molar-refractivity contribution is 5.92. The molecule has 4 nitrogen and oxygen atoms in total. The standard InChI is InChI=1S/C13H19N3O/c17-13(12-6-2-3-7-14-12)15-8-11-16-9-4-1-5-10-16/h2-3,6-7H,1,4-5,8-11H2,(H,15,17). The van der Waals surface area contributed by atoms with Crippen LogP contribution in [0.3, 0.4) is 0 Å². The third kappa shape index (κ3) is 3.82. The molecule has 1 aliphatic heterocycles. The molecule has 0 radical (unpaired) electrons. The Balaban J connectivity index is 1.69. The summed E-state index contributed by atoms with van der Waals surface area (Å²) in [6.07, 6.45) is 5.55. The highest BCUT2D eigenvalue weighted by Crippen LogP contribution is 2.07. The summed E-state index contributed by atoms with van der Waals surface area (Å²) < 4.78 is 0. The first-order valence-corrected chi connectivity index (χ1v) is 6.28. The minimum Gasteiger partial charge on any atom is -0.349 e. The summed E-state index contributed by atoms with van der Waals surface area (Å²) in [6.45, 7) is 3.98. The number of amides is 1. The van der Waals surface area contributed by atoms with E-state index < -0.39 is 0 Å². The minimum absolute atomic E-state index is 0.0809. The highest BCUT2D eigenvalue weighted by Gasteiger charge is 2.10. The van der Waals surface area contributed by atoms with E-state index in [1.165, 1.54) is 32.4 Å². The Bertz CT molecular complexity index is 347. The SMILES string of the molecule is O=C(NCCN1CCCCC1)c1ccccn1. The van der Waals surface area contributed by atoms with Crippen molar-refractivity contribution >= 4 is 5.91 Å². The topological polar surface area (TPSA) is 45.2 Å². The molecule has 0 unspecified atom stereocenters. The van der Waals surface area contributed by atoms with Gasteiger partial charge in [-0.05, 0) is 38.1 Å². The zero-order valence-corrected chi connectivity index (χ0v) is 10.1. The van der Waals surface area contributed by atoms with Crippen molar-refractivity contribution in [2.45, 2.75) is 19.3 Å². The Morgan fingerprint density at radius 2 is 2.12 bits per heavy atom. The molecule has 4 heteroatoms. The molecule has 1 fully saturated rings. The molecular weight excluding hydrogens is 214 g/mol. The Morgan fingerprint density at radius 1 is 1.29 bits per heavy atom. The van der Waals surface area contributed by atoms with E-state index in [0.29, 0.717) is 12.2 Å². The van der Waals surface area contributed by atoms with Gasteiger partial charge in [0.2, 0.25) is 0 Å². The average molecular weight is 233 g/mol. The first-order valence-electron chi connectivity index (χ1n) is 6.28. The summed E-state index contributed by atoms with van der Waals surface area (Å²) in [7, 11) is 0. The predicted octanol–water partition coefficient (Wildman–Crippen LogP) is 1.30. The molecule has 1 aromatic heterocycles. The molecule has 17 heavy (non-hydrogen) atoms. The van der Waals surface area contributed by atoms with Crippen molar-refractivity contribution in [3.63, 3.8) is 0 Å². The first-order chi connectivity index (χ1) is 8.36. The van der Waals surface area contributed by atoms with Crippen molar-refractivity contribution in [3.8, 4) is 0 Å². The summed E-state index contributed by atoms with van der Waals surface area (Å²) in [5, 5.41) is 2.90. The minimum atomic E-state index is -0.0809. The molecule has 1 N–H and O–H groups in total. The summed E-state index contributed by atoms with van der Waals surface area (Å²) >= 11 is 0. The molecule has 2 rings (SSSR count). The molecular formula is C13H19N3O. The maximum atomic E-state index is 11.7. The van der Waals surface area contributed by atoms with Crippen molar-refractivity contribution in [3.05, 3.63) is 30.1 Å². The third-order valence-electron chi connectivity index (χ3n) is 3.06. The van der Waals surface area contributed by atoms with Gasteiger partial charge in [0.1, 0.15) is 5.69 Å². The lowest BCUT2D eigenvalue weighted by molar-refractivity contribution is 0.0941. The van der Waals surface area contributed by atoms with E-state index in [4.69, 9.17) is 0 Å². The van der Waals surface area contributed by atoms with E-state index in [1.807, 2.05) is 12.1 Å². The van der Waals surface area contributed by atoms with Gasteiger partial charge in [-0.1, -0.05) is 12.5 Å². The molecule has 0 aromatic carbocycles. The van der Waals surface area contributed by atoms with Gasteiger partial charge in [-0.3, -0.25) is 9.78 Å². The van der Waals surface area contributed by atoms with Crippen molar-refractivity contribution < 1.29 is 4.79 Å². The van der Waals surface area contributed by atoms with Crippen LogP contribution in [-0.4, -0.2) is 42.0 Å². The second-order valence-electron chi connectivity index (χ2n) is 4.37. The van der Waals surface area contributed by atoms with E-state index in [2.05, 4.69) is 15.2 Å². The molecule has 0 bridgehead atoms. The van der Waals surface area contributed by atoms with Crippen molar-refractivity contribution in [1.82, 2.24) is 15.2 Å². The van der Waals surface area contributed by atoms with Crippen LogP contribution in [0, 0.1) is 0 Å². The normalized spacial score (nSPS) is 16.7. The lowest BCUT2D eigenvalue weighted by Crippen LogP contribution is -2.37. The molecule has 0 saturated carbocycles. The second kappa shape index (κ2) is 6.35. The van der Waals surface area contributed by atoms with Gasteiger partial charge >= 0.3 is 0 Å². The van der Waals surface area contributed by atoms with Gasteiger partial charge in [0, 0.05) is 19.3 Å². The van der Waals surface area contributed by atoms with Crippen LogP contribution >= 0.6 is 0 Å². The van der Waals surface area contributed by atoms with Crippen LogP contribution in [0.25, 0.3) is 0 Å². The number of likely N-dealkylation sites (tertiary alicyclic amines) is 1. The summed E-state index contributed by atoms with van der Waals surface area (Å²) in [4.78, 5) is 18.1. The highest BCUT2D eigenvalue weighted by atomic mass is 16.1. The van der Waals surface area contributed by atoms with Crippen LogP contribution < -0.4 is 5.32 Å². The second-order valence-corrected chi connectivity index (χ2v) is 4.37. The van der Waals surface area contributed by atoms with Crippen LogP contribution in [0.1, 0.15) is 29.8 Å². The molecule has 1 aliphatic rings. The van der Waals surface area contributed by atoms with Gasteiger partial charge in [-0.15, -0.1) is 0 Å². The molecule has 92 valence electrons. The number of aromatic nitrogens is 1. The zero-order valence-electron chi connectivity index (χ0n) is 10.1. The van der Waals surface area contributed by atoms with Crippen LogP contribution in [0.15, 0.2) is 24.4 Å². The number of hydrogen-bond donors (Lipinski definition) is 1.